The number of nitrogens with zero attached hydrogens (tertiary/aromatic N) is 6. The van der Waals surface area contributed by atoms with Crippen molar-refractivity contribution >= 4 is 28.2 Å². The third kappa shape index (κ3) is 4.17. The molecule has 5 heterocycles. The molecule has 0 spiro atoms. The Morgan fingerprint density at radius 1 is 1.12 bits per heavy atom. The lowest BCUT2D eigenvalue weighted by molar-refractivity contribution is -0.126. The lowest BCUT2D eigenvalue weighted by atomic mass is 9.95. The highest BCUT2D eigenvalue weighted by molar-refractivity contribution is 6.45. The molecule has 0 saturated carbocycles. The summed E-state index contributed by atoms with van der Waals surface area (Å²) in [6, 6.07) is 1.90. The fraction of sp³-hybridized carbons (Fsp3) is 0.240. The number of H-pyrrole nitrogens is 2. The number of nitriles is 1. The Balaban J connectivity index is 1.42. The number of allylic oxidation sites excluding steroid dienone is 1. The van der Waals surface area contributed by atoms with Crippen LogP contribution in [0.2, 0.25) is 0 Å². The zero-order valence-corrected chi connectivity index (χ0v) is 21.2. The molecule has 4 aromatic rings. The van der Waals surface area contributed by atoms with Crippen LogP contribution < -0.4 is 10.3 Å². The van der Waals surface area contributed by atoms with E-state index in [0.717, 1.165) is 0 Å². The minimum atomic E-state index is -1.08. The zero-order valence-electron chi connectivity index (χ0n) is 21.2. The largest absolute Gasteiger partial charge is 0.503 e. The summed E-state index contributed by atoms with van der Waals surface area (Å²) in [4.78, 5) is 53.4. The van der Waals surface area contributed by atoms with Gasteiger partial charge in [0.15, 0.2) is 11.6 Å². The first-order chi connectivity index (χ1) is 19.2. The molecule has 15 heteroatoms. The van der Waals surface area contributed by atoms with E-state index in [0.29, 0.717) is 28.1 Å². The Kier molecular flexibility index (Phi) is 6.43. The second-order valence-electron chi connectivity index (χ2n) is 8.93. The molecule has 5 rings (SSSR count). The first-order valence-corrected chi connectivity index (χ1v) is 11.9. The molecule has 0 radical (unpaired) electrons. The Hall–Kier alpha value is -5.65. The summed E-state index contributed by atoms with van der Waals surface area (Å²) < 4.78 is 6.84. The number of piperidine rings is 1. The van der Waals surface area contributed by atoms with Crippen molar-refractivity contribution < 1.29 is 29.6 Å². The fourth-order valence-corrected chi connectivity index (χ4v) is 4.61. The number of rotatable bonds is 5. The van der Waals surface area contributed by atoms with Crippen molar-refractivity contribution in [2.24, 2.45) is 0 Å². The number of pyridine rings is 2. The van der Waals surface area contributed by atoms with Crippen LogP contribution in [-0.2, 0) is 4.79 Å². The fourth-order valence-electron chi connectivity index (χ4n) is 4.61. The quantitative estimate of drug-likeness (QED) is 0.135. The normalized spacial score (nSPS) is 13.3. The molecule has 1 amide bonds. The molecule has 1 aliphatic rings. The molecule has 15 nitrogen and oxygen atoms in total. The van der Waals surface area contributed by atoms with Gasteiger partial charge in [0.05, 0.1) is 35.3 Å². The van der Waals surface area contributed by atoms with Gasteiger partial charge in [-0.3, -0.25) is 14.4 Å². The Labute approximate surface area is 224 Å². The maximum Gasteiger partial charge on any atom is 0.295 e. The number of aromatic hydroxyl groups is 3. The molecule has 1 fully saturated rings. The number of amides is 1. The summed E-state index contributed by atoms with van der Waals surface area (Å²) in [5, 5.41) is 43.8. The molecule has 5 N–H and O–H groups in total. The van der Waals surface area contributed by atoms with Gasteiger partial charge in [0.25, 0.3) is 17.2 Å². The molecule has 0 aliphatic carbocycles. The molecule has 0 unspecified atom stereocenters. The van der Waals surface area contributed by atoms with E-state index in [1.165, 1.54) is 35.4 Å². The van der Waals surface area contributed by atoms with Gasteiger partial charge in [-0.05, 0) is 25.3 Å². The average molecular weight is 547 g/mol. The number of aryl methyl sites for hydroxylation is 1. The van der Waals surface area contributed by atoms with E-state index in [9.17, 15) is 35.0 Å². The van der Waals surface area contributed by atoms with Crippen LogP contribution in [0.3, 0.4) is 0 Å². The molecule has 40 heavy (non-hydrogen) atoms. The highest BCUT2D eigenvalue weighted by atomic mass is 16.5. The summed E-state index contributed by atoms with van der Waals surface area (Å²) in [5.41, 5.74) is -0.530. The minimum Gasteiger partial charge on any atom is -0.503 e. The lowest BCUT2D eigenvalue weighted by Gasteiger charge is -2.28. The lowest BCUT2D eigenvalue weighted by Crippen LogP contribution is -2.40. The van der Waals surface area contributed by atoms with Crippen molar-refractivity contribution in [3.63, 3.8) is 0 Å². The summed E-state index contributed by atoms with van der Waals surface area (Å²) in [5.74, 6) is -3.36. The second-order valence-corrected chi connectivity index (χ2v) is 8.93. The number of aromatic nitrogens is 6. The van der Waals surface area contributed by atoms with Crippen LogP contribution in [0.5, 0.6) is 23.0 Å². The standard InChI is InChI=1S/C25H22N8O7/c1-11-29-10-33(31-11)23-18-16(15(40-2)9-28-23)14(8-27-18)19(34)25(39)32-5-3-12(4-6-32)13(7-26)17-20(35)21(36)22(37)24(38)30-17/h8-10,27,35,37H,3-6H2,1-2H3,(H2,30,36,38). The highest BCUT2D eigenvalue weighted by Crippen LogP contribution is 2.38. The summed E-state index contributed by atoms with van der Waals surface area (Å²) in [6.07, 6.45) is 4.61. The molecule has 1 aliphatic heterocycles. The smallest absolute Gasteiger partial charge is 0.295 e. The van der Waals surface area contributed by atoms with E-state index in [1.807, 2.05) is 6.07 Å². The predicted octanol–water partition coefficient (Wildman–Crippen LogP) is 1.05. The molecule has 1 saturated heterocycles. The number of fused-ring (bicyclic) bond motifs is 1. The van der Waals surface area contributed by atoms with Crippen molar-refractivity contribution in [1.29, 1.82) is 5.26 Å². The number of hydrogen-bond donors (Lipinski definition) is 5. The van der Waals surface area contributed by atoms with Crippen LogP contribution in [0.15, 0.2) is 29.1 Å². The third-order valence-corrected chi connectivity index (χ3v) is 6.65. The minimum absolute atomic E-state index is 0.0741. The maximum absolute atomic E-state index is 13.4. The summed E-state index contributed by atoms with van der Waals surface area (Å²) in [6.45, 7) is 1.87. The van der Waals surface area contributed by atoms with E-state index in [2.05, 4.69) is 25.0 Å². The first kappa shape index (κ1) is 26.0. The predicted molar refractivity (Wildman–Crippen MR) is 137 cm³/mol. The van der Waals surface area contributed by atoms with Gasteiger partial charge in [-0.15, -0.1) is 0 Å². The number of ketones is 1. The van der Waals surface area contributed by atoms with Crippen molar-refractivity contribution in [3.05, 3.63) is 51.7 Å². The van der Waals surface area contributed by atoms with Crippen LogP contribution in [0.25, 0.3) is 22.3 Å². The van der Waals surface area contributed by atoms with Gasteiger partial charge in [-0.2, -0.15) is 10.4 Å². The van der Waals surface area contributed by atoms with Crippen molar-refractivity contribution in [1.82, 2.24) is 34.6 Å². The molecular formula is C25H22N8O7. The Morgan fingerprint density at radius 3 is 2.48 bits per heavy atom. The number of carbonyl (C=O) groups excluding carboxylic acids is 2. The Morgan fingerprint density at radius 2 is 1.85 bits per heavy atom. The van der Waals surface area contributed by atoms with Gasteiger partial charge in [0.1, 0.15) is 29.7 Å². The van der Waals surface area contributed by atoms with E-state index in [1.54, 1.807) is 6.92 Å². The van der Waals surface area contributed by atoms with E-state index in [4.69, 9.17) is 4.74 Å². The first-order valence-electron chi connectivity index (χ1n) is 11.9. The molecule has 0 aromatic carbocycles. The van der Waals surface area contributed by atoms with Gasteiger partial charge in [0, 0.05) is 19.3 Å². The number of likely N-dealkylation sites (tertiary alicyclic amines) is 1. The number of methoxy groups -OCH3 is 1. The molecule has 0 atom stereocenters. The van der Waals surface area contributed by atoms with E-state index < -0.39 is 34.5 Å². The number of nitrogens with one attached hydrogen (secondary N) is 2. The van der Waals surface area contributed by atoms with Gasteiger partial charge >= 0.3 is 0 Å². The third-order valence-electron chi connectivity index (χ3n) is 6.65. The van der Waals surface area contributed by atoms with Crippen LogP contribution in [0.1, 0.15) is 34.7 Å². The zero-order chi connectivity index (χ0) is 28.7. The summed E-state index contributed by atoms with van der Waals surface area (Å²) in [7, 11) is 1.42. The van der Waals surface area contributed by atoms with Crippen LogP contribution in [-0.4, -0.2) is 81.8 Å². The average Bonchev–Trinajstić information content (AvgIpc) is 3.61. The number of carbonyl (C=O) groups is 2. The monoisotopic (exact) mass is 546 g/mol. The van der Waals surface area contributed by atoms with E-state index >= 15 is 0 Å². The van der Waals surface area contributed by atoms with Gasteiger partial charge < -0.3 is 34.9 Å². The summed E-state index contributed by atoms with van der Waals surface area (Å²) >= 11 is 0. The van der Waals surface area contributed by atoms with Gasteiger partial charge in [-0.25, -0.2) is 14.6 Å². The van der Waals surface area contributed by atoms with Crippen LogP contribution in [0, 0.1) is 18.3 Å². The number of Topliss-reactive ketones (excluding diaryl/α,β-unsaturated/α-hetero) is 1. The second kappa shape index (κ2) is 9.91. The molecule has 204 valence electrons. The number of ether oxygens (including phenoxy) is 1. The van der Waals surface area contributed by atoms with Gasteiger partial charge in [-0.1, -0.05) is 0 Å². The van der Waals surface area contributed by atoms with Crippen LogP contribution >= 0.6 is 0 Å². The van der Waals surface area contributed by atoms with E-state index in [-0.39, 0.29) is 48.5 Å². The molecule has 4 aromatic heterocycles. The Bertz CT molecular complexity index is 1810. The SMILES string of the molecule is COc1cnc(-n2cnc(C)n2)c2[nH]cc(C(=O)C(=O)N3CCC(=C(C#N)c4[nH]c(=O)c(O)c(O)c4O)CC3)c12. The number of aromatic amines is 2. The highest BCUT2D eigenvalue weighted by Gasteiger charge is 2.31. The van der Waals surface area contributed by atoms with Gasteiger partial charge in [0.2, 0.25) is 11.5 Å². The van der Waals surface area contributed by atoms with Crippen molar-refractivity contribution in [2.45, 2.75) is 19.8 Å². The number of hydrogen-bond acceptors (Lipinski definition) is 11. The van der Waals surface area contributed by atoms with Crippen LogP contribution in [0.4, 0.5) is 0 Å². The maximum atomic E-state index is 13.4. The topological polar surface area (TPSA) is 223 Å². The molecule has 0 bridgehead atoms. The van der Waals surface area contributed by atoms with Crippen molar-refractivity contribution in [2.75, 3.05) is 20.2 Å². The molecular weight excluding hydrogens is 524 g/mol. The van der Waals surface area contributed by atoms with Crippen molar-refractivity contribution in [3.8, 4) is 34.9 Å².